The topological polar surface area (TPSA) is 39.4 Å². The van der Waals surface area contributed by atoms with Gasteiger partial charge in [-0.3, -0.25) is 0 Å². The molecule has 1 aromatic carbocycles. The molecular weight excluding hydrogens is 240 g/mol. The van der Waals surface area contributed by atoms with Crippen molar-refractivity contribution in [2.24, 2.45) is 0 Å². The van der Waals surface area contributed by atoms with Crippen LogP contribution in [0.5, 0.6) is 5.75 Å². The van der Waals surface area contributed by atoms with Gasteiger partial charge in [0.15, 0.2) is 0 Å². The highest BCUT2D eigenvalue weighted by molar-refractivity contribution is 6.35. The molecule has 0 saturated heterocycles. The Morgan fingerprint density at radius 1 is 1.41 bits per heavy atom. The van der Waals surface area contributed by atoms with Crippen molar-refractivity contribution in [2.75, 3.05) is 6.61 Å². The van der Waals surface area contributed by atoms with Crippen LogP contribution in [-0.2, 0) is 0 Å². The zero-order chi connectivity index (χ0) is 12.4. The number of hydrogen-bond donors (Lipinski definition) is 0. The fraction of sp³-hybridized carbons (Fsp3) is 0.308. The first kappa shape index (κ1) is 12.0. The van der Waals surface area contributed by atoms with Crippen LogP contribution >= 0.6 is 11.6 Å². The van der Waals surface area contributed by atoms with Crippen LogP contribution in [0.15, 0.2) is 27.4 Å². The number of benzene rings is 1. The van der Waals surface area contributed by atoms with Crippen molar-refractivity contribution < 1.29 is 9.15 Å². The summed E-state index contributed by atoms with van der Waals surface area (Å²) in [6.07, 6.45) is 0.928. The van der Waals surface area contributed by atoms with E-state index in [2.05, 4.69) is 0 Å². The Morgan fingerprint density at radius 3 is 2.88 bits per heavy atom. The first-order chi connectivity index (χ1) is 8.13. The monoisotopic (exact) mass is 252 g/mol. The van der Waals surface area contributed by atoms with Crippen molar-refractivity contribution in [2.45, 2.75) is 20.3 Å². The molecule has 17 heavy (non-hydrogen) atoms. The highest BCUT2D eigenvalue weighted by Crippen LogP contribution is 2.30. The molecule has 0 spiro atoms. The largest absolute Gasteiger partial charge is 0.493 e. The van der Waals surface area contributed by atoms with E-state index in [-0.39, 0.29) is 0 Å². The lowest BCUT2D eigenvalue weighted by Gasteiger charge is -2.09. The molecule has 0 radical (unpaired) electrons. The molecule has 0 aliphatic carbocycles. The smallest absolute Gasteiger partial charge is 0.337 e. The number of halogens is 1. The third kappa shape index (κ3) is 2.29. The fourth-order valence-corrected chi connectivity index (χ4v) is 1.91. The summed E-state index contributed by atoms with van der Waals surface area (Å²) in [5, 5.41) is 1.13. The Balaban J connectivity index is 2.62. The Hall–Kier alpha value is -1.48. The number of hydrogen-bond acceptors (Lipinski definition) is 3. The predicted octanol–water partition coefficient (Wildman–Crippen LogP) is 3.54. The summed E-state index contributed by atoms with van der Waals surface area (Å²) in [6, 6.07) is 4.92. The average Bonchev–Trinajstić information content (AvgIpc) is 2.29. The zero-order valence-electron chi connectivity index (χ0n) is 9.75. The molecule has 1 heterocycles. The lowest BCUT2D eigenvalue weighted by atomic mass is 10.1. The Kier molecular flexibility index (Phi) is 3.38. The van der Waals surface area contributed by atoms with E-state index < -0.39 is 5.63 Å². The van der Waals surface area contributed by atoms with Crippen molar-refractivity contribution in [1.82, 2.24) is 0 Å². The SMILES string of the molecule is CCCOc1ccc2c(Cl)cc(=O)oc2c1C. The van der Waals surface area contributed by atoms with Crippen molar-refractivity contribution in [3.8, 4) is 5.75 Å². The van der Waals surface area contributed by atoms with E-state index in [9.17, 15) is 4.79 Å². The van der Waals surface area contributed by atoms with E-state index in [4.69, 9.17) is 20.8 Å². The van der Waals surface area contributed by atoms with Crippen LogP contribution in [0.1, 0.15) is 18.9 Å². The maximum absolute atomic E-state index is 11.3. The van der Waals surface area contributed by atoms with Gasteiger partial charge in [-0.2, -0.15) is 0 Å². The van der Waals surface area contributed by atoms with Gasteiger partial charge in [-0.15, -0.1) is 0 Å². The molecule has 0 N–H and O–H groups in total. The van der Waals surface area contributed by atoms with Gasteiger partial charge in [-0.05, 0) is 25.5 Å². The molecule has 0 atom stereocenters. The average molecular weight is 253 g/mol. The van der Waals surface area contributed by atoms with Crippen LogP contribution in [0.4, 0.5) is 0 Å². The highest BCUT2D eigenvalue weighted by atomic mass is 35.5. The molecule has 0 saturated carbocycles. The van der Waals surface area contributed by atoms with E-state index in [1.54, 1.807) is 6.07 Å². The molecule has 90 valence electrons. The Morgan fingerprint density at radius 2 is 2.18 bits per heavy atom. The second-order valence-electron chi connectivity index (χ2n) is 3.83. The van der Waals surface area contributed by atoms with Gasteiger partial charge in [0.1, 0.15) is 11.3 Å². The Bertz CT molecular complexity index is 601. The summed E-state index contributed by atoms with van der Waals surface area (Å²) in [5.74, 6) is 0.727. The molecule has 2 aromatic rings. The zero-order valence-corrected chi connectivity index (χ0v) is 10.5. The van der Waals surface area contributed by atoms with Crippen LogP contribution < -0.4 is 10.4 Å². The van der Waals surface area contributed by atoms with E-state index in [0.717, 1.165) is 23.1 Å². The second kappa shape index (κ2) is 4.80. The van der Waals surface area contributed by atoms with Gasteiger partial charge in [0.2, 0.25) is 0 Å². The van der Waals surface area contributed by atoms with Gasteiger partial charge in [0.05, 0.1) is 11.6 Å². The maximum atomic E-state index is 11.3. The molecule has 0 aliphatic rings. The second-order valence-corrected chi connectivity index (χ2v) is 4.23. The van der Waals surface area contributed by atoms with E-state index in [1.165, 1.54) is 6.07 Å². The van der Waals surface area contributed by atoms with Crippen LogP contribution in [0, 0.1) is 6.92 Å². The standard InChI is InChI=1S/C13H13ClO3/c1-3-6-16-11-5-4-9-10(14)7-12(15)17-13(9)8(11)2/h4-5,7H,3,6H2,1-2H3. The van der Waals surface area contributed by atoms with Gasteiger partial charge in [-0.25, -0.2) is 4.79 Å². The minimum Gasteiger partial charge on any atom is -0.493 e. The molecular formula is C13H13ClO3. The first-order valence-electron chi connectivity index (χ1n) is 5.49. The lowest BCUT2D eigenvalue weighted by molar-refractivity contribution is 0.315. The first-order valence-corrected chi connectivity index (χ1v) is 5.87. The molecule has 0 bridgehead atoms. The number of ether oxygens (including phenoxy) is 1. The van der Waals surface area contributed by atoms with E-state index in [1.807, 2.05) is 19.9 Å². The molecule has 3 nitrogen and oxygen atoms in total. The summed E-state index contributed by atoms with van der Waals surface area (Å²) in [5.41, 5.74) is 0.852. The fourth-order valence-electron chi connectivity index (χ4n) is 1.67. The summed E-state index contributed by atoms with van der Waals surface area (Å²) >= 11 is 5.99. The third-order valence-electron chi connectivity index (χ3n) is 2.52. The van der Waals surface area contributed by atoms with Crippen molar-refractivity contribution in [3.63, 3.8) is 0 Å². The molecule has 0 fully saturated rings. The highest BCUT2D eigenvalue weighted by Gasteiger charge is 2.10. The van der Waals surface area contributed by atoms with Gasteiger partial charge in [0, 0.05) is 17.0 Å². The van der Waals surface area contributed by atoms with Crippen molar-refractivity contribution >= 4 is 22.6 Å². The van der Waals surface area contributed by atoms with Gasteiger partial charge in [-0.1, -0.05) is 18.5 Å². The van der Waals surface area contributed by atoms with Crippen LogP contribution in [-0.4, -0.2) is 6.61 Å². The Labute approximate surface area is 104 Å². The van der Waals surface area contributed by atoms with E-state index >= 15 is 0 Å². The van der Waals surface area contributed by atoms with Gasteiger partial charge < -0.3 is 9.15 Å². The molecule has 0 aliphatic heterocycles. The predicted molar refractivity (Wildman–Crippen MR) is 68.0 cm³/mol. The van der Waals surface area contributed by atoms with Gasteiger partial charge >= 0.3 is 5.63 Å². The van der Waals surface area contributed by atoms with Crippen LogP contribution in [0.3, 0.4) is 0 Å². The van der Waals surface area contributed by atoms with Crippen LogP contribution in [0.2, 0.25) is 5.02 Å². The molecule has 0 unspecified atom stereocenters. The molecule has 2 rings (SSSR count). The molecule has 0 amide bonds. The number of aryl methyl sites for hydroxylation is 1. The summed E-state index contributed by atoms with van der Waals surface area (Å²) in [6.45, 7) is 4.52. The summed E-state index contributed by atoms with van der Waals surface area (Å²) in [7, 11) is 0. The molecule has 4 heteroatoms. The minimum atomic E-state index is -0.446. The summed E-state index contributed by atoms with van der Waals surface area (Å²) in [4.78, 5) is 11.3. The normalized spacial score (nSPS) is 10.8. The lowest BCUT2D eigenvalue weighted by Crippen LogP contribution is -2.00. The van der Waals surface area contributed by atoms with Crippen molar-refractivity contribution in [1.29, 1.82) is 0 Å². The quantitative estimate of drug-likeness (QED) is 0.785. The summed E-state index contributed by atoms with van der Waals surface area (Å²) < 4.78 is 10.7. The van der Waals surface area contributed by atoms with Gasteiger partial charge in [0.25, 0.3) is 0 Å². The maximum Gasteiger partial charge on any atom is 0.337 e. The van der Waals surface area contributed by atoms with Crippen LogP contribution in [0.25, 0.3) is 11.0 Å². The number of fused-ring (bicyclic) bond motifs is 1. The minimum absolute atomic E-state index is 0.404. The number of rotatable bonds is 3. The van der Waals surface area contributed by atoms with Crippen molar-refractivity contribution in [3.05, 3.63) is 39.2 Å². The third-order valence-corrected chi connectivity index (χ3v) is 2.84. The molecule has 1 aromatic heterocycles. The van der Waals surface area contributed by atoms with E-state index in [0.29, 0.717) is 17.2 Å².